The Labute approximate surface area is 195 Å². The average molecular weight is 466 g/mol. The van der Waals surface area contributed by atoms with Gasteiger partial charge in [0.25, 0.3) is 5.91 Å². The molecule has 1 aliphatic heterocycles. The van der Waals surface area contributed by atoms with E-state index in [2.05, 4.69) is 9.62 Å². The highest BCUT2D eigenvalue weighted by molar-refractivity contribution is 7.97. The van der Waals surface area contributed by atoms with Gasteiger partial charge in [-0.2, -0.15) is 0 Å². The fourth-order valence-corrected chi connectivity index (χ4v) is 4.88. The first kappa shape index (κ1) is 24.8. The molecule has 1 aromatic carbocycles. The number of carbonyl (C=O) groups is 2. The first-order chi connectivity index (χ1) is 15.2. The van der Waals surface area contributed by atoms with Crippen molar-refractivity contribution in [2.45, 2.75) is 77.5 Å². The van der Waals surface area contributed by atoms with Crippen LogP contribution in [-0.2, 0) is 4.79 Å². The van der Waals surface area contributed by atoms with Gasteiger partial charge in [0.05, 0.1) is 12.1 Å². The molecule has 0 spiro atoms. The number of carbonyl (C=O) groups excluding carboxylic acids is 2. The fourth-order valence-electron chi connectivity index (χ4n) is 4.59. The molecule has 2 aliphatic rings. The molecule has 3 rings (SSSR count). The van der Waals surface area contributed by atoms with Crippen LogP contribution in [0.4, 0.5) is 4.39 Å². The highest BCUT2D eigenvalue weighted by Crippen LogP contribution is 2.45. The van der Waals surface area contributed by atoms with Crippen molar-refractivity contribution in [2.24, 2.45) is 0 Å². The Morgan fingerprint density at radius 2 is 1.91 bits per heavy atom. The zero-order valence-corrected chi connectivity index (χ0v) is 20.6. The lowest BCUT2D eigenvalue weighted by molar-refractivity contribution is -0.136. The van der Waals surface area contributed by atoms with Gasteiger partial charge in [-0.05, 0) is 77.5 Å². The predicted molar refractivity (Wildman–Crippen MR) is 127 cm³/mol. The maximum absolute atomic E-state index is 14.7. The van der Waals surface area contributed by atoms with Gasteiger partial charge >= 0.3 is 0 Å². The number of rotatable bonds is 9. The second kappa shape index (κ2) is 10.9. The second-order valence-electron chi connectivity index (χ2n) is 9.39. The molecule has 1 heterocycles. The van der Waals surface area contributed by atoms with Crippen molar-refractivity contribution < 1.29 is 18.7 Å². The molecule has 178 valence electrons. The fraction of sp³-hybridized carbons (Fsp3) is 0.667. The molecular weight excluding hydrogens is 429 g/mol. The quantitative estimate of drug-likeness (QED) is 0.554. The summed E-state index contributed by atoms with van der Waals surface area (Å²) in [6, 6.07) is 3.34. The Kier molecular flexibility index (Phi) is 8.44. The zero-order valence-electron chi connectivity index (χ0n) is 19.8. The molecule has 1 aromatic rings. The van der Waals surface area contributed by atoms with Gasteiger partial charge < -0.3 is 9.64 Å². The zero-order chi connectivity index (χ0) is 23.4. The van der Waals surface area contributed by atoms with Crippen molar-refractivity contribution in [2.75, 3.05) is 25.9 Å². The van der Waals surface area contributed by atoms with E-state index in [0.29, 0.717) is 24.8 Å². The lowest BCUT2D eigenvalue weighted by Crippen LogP contribution is -2.50. The van der Waals surface area contributed by atoms with E-state index < -0.39 is 11.7 Å². The van der Waals surface area contributed by atoms with E-state index >= 15 is 0 Å². The summed E-state index contributed by atoms with van der Waals surface area (Å²) in [7, 11) is 0. The number of amides is 2. The molecule has 0 aromatic heterocycles. The third kappa shape index (κ3) is 6.16. The third-order valence-electron chi connectivity index (χ3n) is 6.07. The molecular formula is C24H36FN3O3S. The summed E-state index contributed by atoms with van der Waals surface area (Å²) >= 11 is 1.15. The maximum Gasteiger partial charge on any atom is 0.264 e. The number of piperidine rings is 1. The van der Waals surface area contributed by atoms with Gasteiger partial charge in [0.2, 0.25) is 5.91 Å². The summed E-state index contributed by atoms with van der Waals surface area (Å²) in [6.45, 7) is 10.0. The molecule has 32 heavy (non-hydrogen) atoms. The van der Waals surface area contributed by atoms with Crippen molar-refractivity contribution >= 4 is 23.8 Å². The molecule has 1 saturated heterocycles. The van der Waals surface area contributed by atoms with Gasteiger partial charge in [0.1, 0.15) is 17.7 Å². The first-order valence-electron chi connectivity index (χ1n) is 11.6. The van der Waals surface area contributed by atoms with E-state index in [1.807, 2.05) is 32.6 Å². The molecule has 1 atom stereocenters. The molecule has 2 fully saturated rings. The number of halogens is 1. The van der Waals surface area contributed by atoms with Crippen molar-refractivity contribution in [1.29, 1.82) is 0 Å². The van der Waals surface area contributed by atoms with Crippen LogP contribution in [0.25, 0.3) is 0 Å². The Hall–Kier alpha value is -1.80. The largest absolute Gasteiger partial charge is 0.489 e. The number of ether oxygens (including phenoxy) is 1. The predicted octanol–water partition coefficient (Wildman–Crippen LogP) is 4.20. The summed E-state index contributed by atoms with van der Waals surface area (Å²) < 4.78 is 23.6. The number of likely N-dealkylation sites (tertiary alicyclic amines) is 1. The summed E-state index contributed by atoms with van der Waals surface area (Å²) in [5.74, 6) is -0.00769. The lowest BCUT2D eigenvalue weighted by atomic mass is 10.0. The Bertz CT molecular complexity index is 821. The number of nitrogens with one attached hydrogen (secondary N) is 1. The summed E-state index contributed by atoms with van der Waals surface area (Å²) in [5, 5.41) is 0. The topological polar surface area (TPSA) is 61.9 Å². The Morgan fingerprint density at radius 3 is 2.50 bits per heavy atom. The molecule has 6 nitrogen and oxygen atoms in total. The van der Waals surface area contributed by atoms with E-state index in [-0.39, 0.29) is 29.7 Å². The van der Waals surface area contributed by atoms with E-state index in [4.69, 9.17) is 4.74 Å². The van der Waals surface area contributed by atoms with Crippen LogP contribution in [0.1, 0.15) is 75.2 Å². The van der Waals surface area contributed by atoms with E-state index in [9.17, 15) is 14.0 Å². The van der Waals surface area contributed by atoms with Crippen molar-refractivity contribution in [3.63, 3.8) is 0 Å². The third-order valence-corrected chi connectivity index (χ3v) is 6.46. The van der Waals surface area contributed by atoms with Crippen LogP contribution in [-0.4, -0.2) is 65.7 Å². The van der Waals surface area contributed by atoms with Crippen LogP contribution in [0, 0.1) is 5.82 Å². The SMILES string of the molecule is CSNC(=O)c1cc(C2CC2)c(OC2CCCN(CC(=O)N(C(C)C)C(C)C)C2)cc1F. The molecule has 8 heteroatoms. The number of nitrogens with zero attached hydrogens (tertiary/aromatic N) is 2. The average Bonchev–Trinajstić information content (AvgIpc) is 3.53. The normalized spacial score (nSPS) is 19.3. The number of benzene rings is 1. The van der Waals surface area contributed by atoms with Gasteiger partial charge in [0.15, 0.2) is 0 Å². The number of hydrogen-bond acceptors (Lipinski definition) is 5. The van der Waals surface area contributed by atoms with Gasteiger partial charge in [-0.3, -0.25) is 19.2 Å². The van der Waals surface area contributed by atoms with Crippen molar-refractivity contribution in [3.05, 3.63) is 29.1 Å². The second-order valence-corrected chi connectivity index (χ2v) is 10.00. The van der Waals surface area contributed by atoms with Crippen LogP contribution < -0.4 is 9.46 Å². The minimum Gasteiger partial charge on any atom is -0.489 e. The molecule has 2 amide bonds. The van der Waals surface area contributed by atoms with Crippen LogP contribution in [0.2, 0.25) is 0 Å². The van der Waals surface area contributed by atoms with Crippen LogP contribution in [0.3, 0.4) is 0 Å². The van der Waals surface area contributed by atoms with Crippen LogP contribution in [0.15, 0.2) is 12.1 Å². The van der Waals surface area contributed by atoms with E-state index in [1.165, 1.54) is 6.07 Å². The van der Waals surface area contributed by atoms with Gasteiger partial charge in [0, 0.05) is 31.0 Å². The standard InChI is InChI=1S/C24H36FN3O3S/c1-15(2)28(16(3)4)23(29)14-27-10-6-7-18(13-27)31-22-12-21(25)20(24(30)26-32-5)11-19(22)17-8-9-17/h11-12,15-18H,6-10,13-14H2,1-5H3,(H,26,30). The minimum atomic E-state index is -0.566. The maximum atomic E-state index is 14.7. The first-order valence-corrected chi connectivity index (χ1v) is 12.8. The van der Waals surface area contributed by atoms with Crippen molar-refractivity contribution in [3.8, 4) is 5.75 Å². The molecule has 0 radical (unpaired) electrons. The lowest BCUT2D eigenvalue weighted by Gasteiger charge is -2.36. The molecule has 1 N–H and O–H groups in total. The smallest absolute Gasteiger partial charge is 0.264 e. The summed E-state index contributed by atoms with van der Waals surface area (Å²) in [5.41, 5.74) is 0.976. The Balaban J connectivity index is 1.70. The van der Waals surface area contributed by atoms with Crippen molar-refractivity contribution in [1.82, 2.24) is 14.5 Å². The van der Waals surface area contributed by atoms with E-state index in [1.54, 1.807) is 12.3 Å². The molecule has 1 unspecified atom stereocenters. The van der Waals surface area contributed by atoms with E-state index in [0.717, 1.165) is 49.7 Å². The highest BCUT2D eigenvalue weighted by Gasteiger charge is 2.32. The molecule has 0 bridgehead atoms. The van der Waals surface area contributed by atoms with Gasteiger partial charge in [-0.1, -0.05) is 11.9 Å². The molecule has 1 saturated carbocycles. The van der Waals surface area contributed by atoms with Crippen LogP contribution in [0.5, 0.6) is 5.75 Å². The number of hydrogen-bond donors (Lipinski definition) is 1. The molecule has 1 aliphatic carbocycles. The minimum absolute atomic E-state index is 0.0620. The Morgan fingerprint density at radius 1 is 1.22 bits per heavy atom. The van der Waals surface area contributed by atoms with Gasteiger partial charge in [-0.15, -0.1) is 0 Å². The summed E-state index contributed by atoms with van der Waals surface area (Å²) in [4.78, 5) is 29.1. The van der Waals surface area contributed by atoms with Gasteiger partial charge in [-0.25, -0.2) is 4.39 Å². The highest BCUT2D eigenvalue weighted by atomic mass is 32.2. The van der Waals surface area contributed by atoms with Crippen LogP contribution >= 0.6 is 11.9 Å². The summed E-state index contributed by atoms with van der Waals surface area (Å²) in [6.07, 6.45) is 5.47. The monoisotopic (exact) mass is 465 g/mol.